The van der Waals surface area contributed by atoms with Crippen LogP contribution in [0.25, 0.3) is 11.3 Å². The van der Waals surface area contributed by atoms with Gasteiger partial charge in [-0.1, -0.05) is 17.3 Å². The highest BCUT2D eigenvalue weighted by molar-refractivity contribution is 5.91. The zero-order valence-electron chi connectivity index (χ0n) is 13.1. The molecule has 134 valence electrons. The summed E-state index contributed by atoms with van der Waals surface area (Å²) in [5.74, 6) is -1.22. The molecule has 0 fully saturated rings. The fourth-order valence-corrected chi connectivity index (χ4v) is 2.26. The maximum absolute atomic E-state index is 12.9. The number of carbonyl (C=O) groups is 1. The molecule has 0 radical (unpaired) electrons. The second-order valence-electron chi connectivity index (χ2n) is 5.31. The molecule has 0 amide bonds. The lowest BCUT2D eigenvalue weighted by molar-refractivity contribution is -0.138. The summed E-state index contributed by atoms with van der Waals surface area (Å²) >= 11 is 0. The predicted molar refractivity (Wildman–Crippen MR) is 82.5 cm³/mol. The predicted octanol–water partition coefficient (Wildman–Crippen LogP) is 4.86. The Hall–Kier alpha value is -3.16. The van der Waals surface area contributed by atoms with Crippen LogP contribution in [0.5, 0.6) is 0 Å². The van der Waals surface area contributed by atoms with Crippen LogP contribution in [0.2, 0.25) is 0 Å². The number of rotatable bonds is 4. The quantitative estimate of drug-likeness (QED) is 0.490. The van der Waals surface area contributed by atoms with Gasteiger partial charge in [-0.3, -0.25) is 0 Å². The summed E-state index contributed by atoms with van der Waals surface area (Å²) < 4.78 is 61.7. The molecule has 0 bridgehead atoms. The van der Waals surface area contributed by atoms with E-state index < -0.39 is 29.1 Å². The number of nitrogens with zero attached hydrogens (tertiary/aromatic N) is 1. The maximum atomic E-state index is 12.9. The first kappa shape index (κ1) is 17.7. The highest BCUT2D eigenvalue weighted by Gasteiger charge is 2.35. The first-order chi connectivity index (χ1) is 12.3. The Balaban J connectivity index is 1.70. The van der Waals surface area contributed by atoms with Crippen molar-refractivity contribution in [1.82, 2.24) is 5.16 Å². The van der Waals surface area contributed by atoms with E-state index in [1.807, 2.05) is 0 Å². The minimum Gasteiger partial charge on any atom is -0.455 e. The van der Waals surface area contributed by atoms with Crippen molar-refractivity contribution >= 4 is 5.97 Å². The third-order valence-electron chi connectivity index (χ3n) is 3.49. The van der Waals surface area contributed by atoms with Crippen molar-refractivity contribution in [2.45, 2.75) is 12.8 Å². The van der Waals surface area contributed by atoms with Crippen molar-refractivity contribution in [2.75, 3.05) is 0 Å². The maximum Gasteiger partial charge on any atom is 0.417 e. The molecule has 0 spiro atoms. The highest BCUT2D eigenvalue weighted by Crippen LogP contribution is 2.32. The molecule has 3 rings (SSSR count). The molecule has 26 heavy (non-hydrogen) atoms. The topological polar surface area (TPSA) is 52.3 Å². The highest BCUT2D eigenvalue weighted by atomic mass is 19.4. The van der Waals surface area contributed by atoms with Crippen LogP contribution in [0, 0.1) is 5.82 Å². The van der Waals surface area contributed by atoms with Gasteiger partial charge in [0.15, 0.2) is 5.76 Å². The first-order valence-electron chi connectivity index (χ1n) is 7.39. The molecule has 2 aromatic carbocycles. The Morgan fingerprint density at radius 3 is 2.46 bits per heavy atom. The van der Waals surface area contributed by atoms with E-state index >= 15 is 0 Å². The average molecular weight is 365 g/mol. The standard InChI is InChI=1S/C18H11F4NO3/c19-12-7-5-11(6-8-12)16-9-13(23-26-16)10-25-17(24)14-3-1-2-4-15(14)18(20,21)22/h1-9H,10H2. The average Bonchev–Trinajstić information content (AvgIpc) is 3.08. The largest absolute Gasteiger partial charge is 0.455 e. The van der Waals surface area contributed by atoms with Gasteiger partial charge in [-0.25, -0.2) is 9.18 Å². The van der Waals surface area contributed by atoms with Crippen LogP contribution in [-0.4, -0.2) is 11.1 Å². The fourth-order valence-electron chi connectivity index (χ4n) is 2.26. The van der Waals surface area contributed by atoms with Gasteiger partial charge in [-0.2, -0.15) is 13.2 Å². The van der Waals surface area contributed by atoms with E-state index in [1.165, 1.54) is 42.5 Å². The summed E-state index contributed by atoms with van der Waals surface area (Å²) in [6, 6.07) is 11.2. The second-order valence-corrected chi connectivity index (χ2v) is 5.31. The molecule has 0 unspecified atom stereocenters. The summed E-state index contributed by atoms with van der Waals surface area (Å²) in [6.45, 7) is -0.365. The molecular formula is C18H11F4NO3. The SMILES string of the molecule is O=C(OCc1cc(-c2ccc(F)cc2)on1)c1ccccc1C(F)(F)F. The van der Waals surface area contributed by atoms with E-state index in [9.17, 15) is 22.4 Å². The van der Waals surface area contributed by atoms with E-state index in [-0.39, 0.29) is 12.3 Å². The second kappa shape index (κ2) is 6.99. The molecule has 0 aliphatic heterocycles. The number of hydrogen-bond acceptors (Lipinski definition) is 4. The Morgan fingerprint density at radius 2 is 1.77 bits per heavy atom. The van der Waals surface area contributed by atoms with E-state index in [1.54, 1.807) is 0 Å². The van der Waals surface area contributed by atoms with Crippen LogP contribution in [-0.2, 0) is 17.5 Å². The summed E-state index contributed by atoms with van der Waals surface area (Å²) in [5, 5.41) is 3.68. The number of ether oxygens (including phenoxy) is 1. The number of hydrogen-bond donors (Lipinski definition) is 0. The van der Waals surface area contributed by atoms with Gasteiger partial charge in [0.2, 0.25) is 0 Å². The molecular weight excluding hydrogens is 354 g/mol. The van der Waals surface area contributed by atoms with Crippen molar-refractivity contribution in [2.24, 2.45) is 0 Å². The van der Waals surface area contributed by atoms with E-state index in [4.69, 9.17) is 9.26 Å². The van der Waals surface area contributed by atoms with Crippen LogP contribution in [0.4, 0.5) is 17.6 Å². The molecule has 0 saturated heterocycles. The zero-order valence-corrected chi connectivity index (χ0v) is 13.1. The van der Waals surface area contributed by atoms with Gasteiger partial charge in [-0.15, -0.1) is 0 Å². The molecule has 1 heterocycles. The van der Waals surface area contributed by atoms with Crippen molar-refractivity contribution in [1.29, 1.82) is 0 Å². The molecule has 0 N–H and O–H groups in total. The Kier molecular flexibility index (Phi) is 4.75. The molecule has 4 nitrogen and oxygen atoms in total. The van der Waals surface area contributed by atoms with Crippen molar-refractivity contribution in [3.8, 4) is 11.3 Å². The van der Waals surface area contributed by atoms with Crippen LogP contribution in [0.3, 0.4) is 0 Å². The number of aromatic nitrogens is 1. The number of alkyl halides is 3. The van der Waals surface area contributed by atoms with E-state index in [0.717, 1.165) is 12.1 Å². The van der Waals surface area contributed by atoms with Crippen molar-refractivity contribution < 1.29 is 31.6 Å². The van der Waals surface area contributed by atoms with Gasteiger partial charge >= 0.3 is 12.1 Å². The summed E-state index contributed by atoms with van der Waals surface area (Å²) in [4.78, 5) is 12.0. The molecule has 1 aromatic heterocycles. The third kappa shape index (κ3) is 3.90. The molecule has 8 heteroatoms. The minimum atomic E-state index is -4.67. The third-order valence-corrected chi connectivity index (χ3v) is 3.49. The molecule has 3 aromatic rings. The molecule has 0 atom stereocenters. The minimum absolute atomic E-state index is 0.210. The van der Waals surface area contributed by atoms with Gasteiger partial charge in [0, 0.05) is 11.6 Å². The van der Waals surface area contributed by atoms with Crippen LogP contribution in [0.1, 0.15) is 21.6 Å². The van der Waals surface area contributed by atoms with Gasteiger partial charge in [0.25, 0.3) is 0 Å². The lowest BCUT2D eigenvalue weighted by Gasteiger charge is -2.11. The smallest absolute Gasteiger partial charge is 0.417 e. The number of halogens is 4. The Morgan fingerprint density at radius 1 is 1.08 bits per heavy atom. The van der Waals surface area contributed by atoms with Gasteiger partial charge in [0.05, 0.1) is 11.1 Å². The van der Waals surface area contributed by atoms with E-state index in [0.29, 0.717) is 11.3 Å². The van der Waals surface area contributed by atoms with E-state index in [2.05, 4.69) is 5.16 Å². The first-order valence-corrected chi connectivity index (χ1v) is 7.39. The van der Waals surface area contributed by atoms with Crippen LogP contribution >= 0.6 is 0 Å². The number of esters is 1. The molecule has 0 aliphatic rings. The van der Waals surface area contributed by atoms with Crippen molar-refractivity contribution in [3.05, 3.63) is 77.2 Å². The summed E-state index contributed by atoms with van der Waals surface area (Å²) in [6.07, 6.45) is -4.67. The lowest BCUT2D eigenvalue weighted by Crippen LogP contribution is -2.15. The Bertz CT molecular complexity index is 917. The summed E-state index contributed by atoms with van der Waals surface area (Å²) in [7, 11) is 0. The normalized spacial score (nSPS) is 11.4. The number of benzene rings is 2. The fraction of sp³-hybridized carbons (Fsp3) is 0.111. The molecule has 0 aliphatic carbocycles. The Labute approximate surface area is 145 Å². The van der Waals surface area contributed by atoms with Crippen LogP contribution in [0.15, 0.2) is 59.1 Å². The lowest BCUT2D eigenvalue weighted by atomic mass is 10.1. The number of carbonyl (C=O) groups excluding carboxylic acids is 1. The zero-order chi connectivity index (χ0) is 18.7. The van der Waals surface area contributed by atoms with Gasteiger partial charge in [-0.05, 0) is 36.4 Å². The molecule has 0 saturated carbocycles. The summed E-state index contributed by atoms with van der Waals surface area (Å²) in [5.41, 5.74) is -0.888. The monoisotopic (exact) mass is 365 g/mol. The van der Waals surface area contributed by atoms with Gasteiger partial charge < -0.3 is 9.26 Å². The van der Waals surface area contributed by atoms with Crippen molar-refractivity contribution in [3.63, 3.8) is 0 Å². The van der Waals surface area contributed by atoms with Gasteiger partial charge in [0.1, 0.15) is 18.1 Å². The van der Waals surface area contributed by atoms with Crippen LogP contribution < -0.4 is 0 Å².